The smallest absolute Gasteiger partial charge is 0.407 e. The van der Waals surface area contributed by atoms with E-state index in [9.17, 15) is 14.7 Å². The predicted molar refractivity (Wildman–Crippen MR) is 147 cm³/mol. The number of nitrogens with zero attached hydrogens (tertiary/aromatic N) is 4. The van der Waals surface area contributed by atoms with Gasteiger partial charge in [-0.2, -0.15) is 0 Å². The first-order chi connectivity index (χ1) is 17.4. The number of hydrogen-bond acceptors (Lipinski definition) is 5. The topological polar surface area (TPSA) is 97.6 Å². The summed E-state index contributed by atoms with van der Waals surface area (Å²) < 4.78 is 8.43. The number of pyridine rings is 1. The summed E-state index contributed by atoms with van der Waals surface area (Å²) in [4.78, 5) is 35.6. The maximum absolute atomic E-state index is 13.3. The molecule has 0 aliphatic carbocycles. The van der Waals surface area contributed by atoms with Crippen LogP contribution in [0.15, 0.2) is 42.9 Å². The number of carboxylic acid groups (broad SMARTS) is 1. The monoisotopic (exact) mass is 542 g/mol. The zero-order valence-corrected chi connectivity index (χ0v) is 23.8. The number of aromatic nitrogens is 3. The van der Waals surface area contributed by atoms with Crippen molar-refractivity contribution in [2.75, 3.05) is 6.54 Å². The Bertz CT molecular complexity index is 1300. The lowest BCUT2D eigenvalue weighted by Crippen LogP contribution is -2.56. The third-order valence-electron chi connectivity index (χ3n) is 7.63. The van der Waals surface area contributed by atoms with E-state index in [2.05, 4.69) is 43.8 Å². The van der Waals surface area contributed by atoms with E-state index in [4.69, 9.17) is 16.0 Å². The van der Waals surface area contributed by atoms with E-state index in [1.165, 1.54) is 4.90 Å². The second kappa shape index (κ2) is 10.5. The molecule has 1 saturated heterocycles. The van der Waals surface area contributed by atoms with Gasteiger partial charge in [0.15, 0.2) is 19.7 Å². The van der Waals surface area contributed by atoms with Crippen LogP contribution in [0.5, 0.6) is 0 Å². The molecular formula is C27H35ClN4O4Si. The van der Waals surface area contributed by atoms with Crippen LogP contribution in [0.25, 0.3) is 22.3 Å². The van der Waals surface area contributed by atoms with E-state index >= 15 is 0 Å². The fourth-order valence-corrected chi connectivity index (χ4v) is 6.15. The zero-order valence-electron chi connectivity index (χ0n) is 22.1. The number of carbonyl (C=O) groups excluding carboxylic acids is 1. The van der Waals surface area contributed by atoms with Crippen LogP contribution in [0.3, 0.4) is 0 Å². The van der Waals surface area contributed by atoms with Crippen LogP contribution in [0.1, 0.15) is 40.0 Å². The normalized spacial score (nSPS) is 18.8. The standard InChI is InChI=1S/C27H35ClN4O4Si/c1-27(2,3)37(4,5)36-24-10-7-11-32(26(34)35)22(24)14-21(33)16-31-17-30-25-23(31)13-19(15-29-25)18-8-6-9-20(28)12-18/h6,8-9,12-13,15,17,22,24H,7,10-11,14,16H2,1-5H3,(H,34,35)/t22-,24+/m1/s1. The summed E-state index contributed by atoms with van der Waals surface area (Å²) in [6.45, 7) is 11.3. The van der Waals surface area contributed by atoms with Crippen molar-refractivity contribution in [3.05, 3.63) is 47.9 Å². The molecule has 1 fully saturated rings. The van der Waals surface area contributed by atoms with Crippen molar-refractivity contribution in [2.45, 2.75) is 76.9 Å². The molecule has 8 nitrogen and oxygen atoms in total. The first kappa shape index (κ1) is 27.3. The predicted octanol–water partition coefficient (Wildman–Crippen LogP) is 6.24. The number of Topliss-reactive ketones (excluding diaryl/α,β-unsaturated/α-hetero) is 1. The molecule has 10 heteroatoms. The van der Waals surface area contributed by atoms with Crippen molar-refractivity contribution >= 4 is 43.0 Å². The lowest BCUT2D eigenvalue weighted by Gasteiger charge is -2.45. The summed E-state index contributed by atoms with van der Waals surface area (Å²) in [5, 5.41) is 10.5. The lowest BCUT2D eigenvalue weighted by atomic mass is 9.95. The molecule has 1 aliphatic heterocycles. The van der Waals surface area contributed by atoms with Gasteiger partial charge in [0.05, 0.1) is 30.5 Å². The van der Waals surface area contributed by atoms with Gasteiger partial charge in [-0.15, -0.1) is 0 Å². The van der Waals surface area contributed by atoms with E-state index in [0.717, 1.165) is 29.5 Å². The molecule has 198 valence electrons. The molecule has 0 unspecified atom stereocenters. The quantitative estimate of drug-likeness (QED) is 0.355. The molecule has 1 aromatic carbocycles. The second-order valence-electron chi connectivity index (χ2n) is 11.3. The second-order valence-corrected chi connectivity index (χ2v) is 16.5. The van der Waals surface area contributed by atoms with Crippen molar-refractivity contribution < 1.29 is 19.1 Å². The Morgan fingerprint density at radius 2 is 1.95 bits per heavy atom. The fraction of sp³-hybridized carbons (Fsp3) is 0.481. The minimum absolute atomic E-state index is 0.0174. The number of piperidine rings is 1. The van der Waals surface area contributed by atoms with Crippen LogP contribution < -0.4 is 0 Å². The van der Waals surface area contributed by atoms with E-state index in [0.29, 0.717) is 17.2 Å². The summed E-state index contributed by atoms with van der Waals surface area (Å²) in [5.74, 6) is -0.0746. The van der Waals surface area contributed by atoms with E-state index in [1.807, 2.05) is 30.3 Å². The minimum atomic E-state index is -2.16. The minimum Gasteiger partial charge on any atom is -0.465 e. The van der Waals surface area contributed by atoms with Crippen molar-refractivity contribution in [1.29, 1.82) is 0 Å². The van der Waals surface area contributed by atoms with Gasteiger partial charge in [0, 0.05) is 29.7 Å². The maximum atomic E-state index is 13.3. The zero-order chi connectivity index (χ0) is 27.0. The van der Waals surface area contributed by atoms with Crippen molar-refractivity contribution in [1.82, 2.24) is 19.4 Å². The van der Waals surface area contributed by atoms with Gasteiger partial charge in [-0.3, -0.25) is 4.79 Å². The third-order valence-corrected chi connectivity index (χ3v) is 12.4. The highest BCUT2D eigenvalue weighted by molar-refractivity contribution is 6.74. The highest BCUT2D eigenvalue weighted by Gasteiger charge is 2.44. The molecule has 0 saturated carbocycles. The van der Waals surface area contributed by atoms with Crippen LogP contribution in [0.4, 0.5) is 4.79 Å². The van der Waals surface area contributed by atoms with Crippen LogP contribution in [0, 0.1) is 0 Å². The van der Waals surface area contributed by atoms with Crippen LogP contribution in [-0.4, -0.2) is 63.4 Å². The summed E-state index contributed by atoms with van der Waals surface area (Å²) >= 11 is 6.16. The van der Waals surface area contributed by atoms with Gasteiger partial charge in [-0.25, -0.2) is 14.8 Å². The molecule has 0 bridgehead atoms. The Kier molecular flexibility index (Phi) is 7.78. The Morgan fingerprint density at radius 1 is 1.19 bits per heavy atom. The van der Waals surface area contributed by atoms with Gasteiger partial charge in [0.2, 0.25) is 0 Å². The molecule has 2 atom stereocenters. The van der Waals surface area contributed by atoms with E-state index < -0.39 is 20.5 Å². The van der Waals surface area contributed by atoms with Crippen LogP contribution in [0.2, 0.25) is 23.2 Å². The van der Waals surface area contributed by atoms with Gasteiger partial charge in [0.1, 0.15) is 0 Å². The number of rotatable bonds is 7. The SMILES string of the molecule is CC(C)(C)[Si](C)(C)O[C@H]1CCCN(C(=O)O)[C@@H]1CC(=O)Cn1cnc2ncc(-c3cccc(Cl)c3)cc21. The molecule has 0 spiro atoms. The van der Waals surface area contributed by atoms with Gasteiger partial charge in [0.25, 0.3) is 0 Å². The molecule has 4 rings (SSSR count). The fourth-order valence-electron chi connectivity index (χ4n) is 4.58. The van der Waals surface area contributed by atoms with Gasteiger partial charge in [-0.05, 0) is 54.7 Å². The molecule has 1 amide bonds. The molecule has 3 heterocycles. The Morgan fingerprint density at radius 3 is 2.62 bits per heavy atom. The molecule has 1 aliphatic rings. The van der Waals surface area contributed by atoms with Crippen molar-refractivity contribution in [3.63, 3.8) is 0 Å². The number of amides is 1. The Hall–Kier alpha value is -2.75. The van der Waals surface area contributed by atoms with Crippen molar-refractivity contribution in [2.24, 2.45) is 0 Å². The number of fused-ring (bicyclic) bond motifs is 1. The molecule has 37 heavy (non-hydrogen) atoms. The Labute approximate surface area is 223 Å². The van der Waals surface area contributed by atoms with Crippen LogP contribution in [-0.2, 0) is 15.8 Å². The number of benzene rings is 1. The highest BCUT2D eigenvalue weighted by Crippen LogP contribution is 2.39. The number of carbonyl (C=O) groups is 2. The number of halogens is 1. The van der Waals surface area contributed by atoms with E-state index in [1.54, 1.807) is 17.1 Å². The summed E-state index contributed by atoms with van der Waals surface area (Å²) in [5.41, 5.74) is 3.07. The third kappa shape index (κ3) is 6.05. The average Bonchev–Trinajstić information content (AvgIpc) is 3.21. The number of ketones is 1. The van der Waals surface area contributed by atoms with E-state index in [-0.39, 0.29) is 29.9 Å². The lowest BCUT2D eigenvalue weighted by molar-refractivity contribution is -0.122. The summed E-state index contributed by atoms with van der Waals surface area (Å²) in [6.07, 6.45) is 3.59. The summed E-state index contributed by atoms with van der Waals surface area (Å²) in [7, 11) is -2.16. The number of hydrogen-bond donors (Lipinski definition) is 1. The van der Waals surface area contributed by atoms with Crippen molar-refractivity contribution in [3.8, 4) is 11.1 Å². The molecule has 3 aromatic rings. The van der Waals surface area contributed by atoms with Gasteiger partial charge < -0.3 is 19.0 Å². The highest BCUT2D eigenvalue weighted by atomic mass is 35.5. The Balaban J connectivity index is 1.56. The molecular weight excluding hydrogens is 508 g/mol. The summed E-state index contributed by atoms with van der Waals surface area (Å²) in [6, 6.07) is 8.94. The average molecular weight is 543 g/mol. The first-order valence-electron chi connectivity index (χ1n) is 12.6. The first-order valence-corrected chi connectivity index (χ1v) is 15.9. The van der Waals surface area contributed by atoms with Gasteiger partial charge >= 0.3 is 6.09 Å². The number of imidazole rings is 1. The molecule has 2 aromatic heterocycles. The maximum Gasteiger partial charge on any atom is 0.407 e. The number of likely N-dealkylation sites (tertiary alicyclic amines) is 1. The van der Waals surface area contributed by atoms with Gasteiger partial charge in [-0.1, -0.05) is 44.5 Å². The largest absolute Gasteiger partial charge is 0.465 e. The molecule has 1 N–H and O–H groups in total. The molecule has 0 radical (unpaired) electrons. The van der Waals surface area contributed by atoms with Crippen LogP contribution >= 0.6 is 11.6 Å².